The van der Waals surface area contributed by atoms with E-state index in [2.05, 4.69) is 9.88 Å². The number of oxazole rings is 1. The third kappa shape index (κ3) is 2.41. The van der Waals surface area contributed by atoms with Gasteiger partial charge in [0.25, 0.3) is 5.89 Å². The molecule has 114 valence electrons. The van der Waals surface area contributed by atoms with Gasteiger partial charge in [0.2, 0.25) is 0 Å². The summed E-state index contributed by atoms with van der Waals surface area (Å²) in [6.07, 6.45) is 3.75. The monoisotopic (exact) mass is 297 g/mol. The zero-order valence-electron chi connectivity index (χ0n) is 12.4. The quantitative estimate of drug-likeness (QED) is 0.853. The van der Waals surface area contributed by atoms with E-state index in [1.54, 1.807) is 6.20 Å². The summed E-state index contributed by atoms with van der Waals surface area (Å²) in [7, 11) is 0. The molecule has 5 nitrogen and oxygen atoms in total. The molecule has 5 rings (SSSR count). The lowest BCUT2D eigenvalue weighted by atomic mass is 10.1. The average Bonchev–Trinajstić information content (AvgIpc) is 2.88. The van der Waals surface area contributed by atoms with Crippen LogP contribution < -0.4 is 0 Å². The molecule has 1 aromatic carbocycles. The van der Waals surface area contributed by atoms with E-state index >= 15 is 0 Å². The summed E-state index contributed by atoms with van der Waals surface area (Å²) in [5.74, 6) is 0.780. The minimum absolute atomic E-state index is 0.0732. The van der Waals surface area contributed by atoms with Crippen LogP contribution >= 0.6 is 0 Å². The Balaban J connectivity index is 1.57. The first-order chi connectivity index (χ1) is 10.8. The first-order valence-corrected chi connectivity index (χ1v) is 7.86. The summed E-state index contributed by atoms with van der Waals surface area (Å²) in [5, 5.41) is 0. The first kappa shape index (κ1) is 13.5. The number of piperidine rings is 1. The molecule has 0 unspecified atom stereocenters. The van der Waals surface area contributed by atoms with Crippen LogP contribution in [0.4, 0.5) is 0 Å². The van der Waals surface area contributed by atoms with Gasteiger partial charge in [-0.3, -0.25) is 4.79 Å². The van der Waals surface area contributed by atoms with Gasteiger partial charge in [0.05, 0.1) is 6.20 Å². The van der Waals surface area contributed by atoms with Crippen molar-refractivity contribution in [2.75, 3.05) is 26.2 Å². The van der Waals surface area contributed by atoms with Crippen LogP contribution in [0.5, 0.6) is 0 Å². The Bertz CT molecular complexity index is 660. The summed E-state index contributed by atoms with van der Waals surface area (Å²) in [6.45, 7) is 3.91. The van der Waals surface area contributed by atoms with Crippen molar-refractivity contribution in [2.45, 2.75) is 18.9 Å². The molecule has 3 fully saturated rings. The fraction of sp³-hybridized carbons (Fsp3) is 0.412. The van der Waals surface area contributed by atoms with Gasteiger partial charge in [-0.1, -0.05) is 30.3 Å². The topological polar surface area (TPSA) is 49.6 Å². The van der Waals surface area contributed by atoms with E-state index < -0.39 is 0 Å². The number of fused-ring (bicyclic) bond motifs is 4. The van der Waals surface area contributed by atoms with Crippen molar-refractivity contribution in [3.63, 3.8) is 0 Å². The van der Waals surface area contributed by atoms with Gasteiger partial charge in [0.1, 0.15) is 0 Å². The Morgan fingerprint density at radius 2 is 1.86 bits per heavy atom. The second-order valence-corrected chi connectivity index (χ2v) is 5.97. The highest BCUT2D eigenvalue weighted by Gasteiger charge is 2.34. The van der Waals surface area contributed by atoms with Crippen molar-refractivity contribution in [2.24, 2.45) is 0 Å². The maximum atomic E-state index is 12.7. The molecule has 0 N–H and O–H groups in total. The van der Waals surface area contributed by atoms with Crippen molar-refractivity contribution >= 4 is 5.91 Å². The van der Waals surface area contributed by atoms with E-state index in [-0.39, 0.29) is 11.8 Å². The summed E-state index contributed by atoms with van der Waals surface area (Å²) < 4.78 is 5.72. The highest BCUT2D eigenvalue weighted by Crippen LogP contribution is 2.24. The van der Waals surface area contributed by atoms with Crippen LogP contribution in [0.25, 0.3) is 11.3 Å². The van der Waals surface area contributed by atoms with Crippen LogP contribution in [0.3, 0.4) is 0 Å². The molecule has 22 heavy (non-hydrogen) atoms. The number of benzene rings is 1. The van der Waals surface area contributed by atoms with Gasteiger partial charge in [-0.15, -0.1) is 0 Å². The number of nitrogens with zero attached hydrogens (tertiary/aromatic N) is 3. The van der Waals surface area contributed by atoms with Crippen molar-refractivity contribution in [1.29, 1.82) is 0 Å². The predicted octanol–water partition coefficient (Wildman–Crippen LogP) is 2.26. The van der Waals surface area contributed by atoms with Gasteiger partial charge in [-0.2, -0.15) is 0 Å². The molecule has 5 heteroatoms. The van der Waals surface area contributed by atoms with Crippen molar-refractivity contribution in [3.05, 3.63) is 42.4 Å². The zero-order chi connectivity index (χ0) is 14.9. The molecule has 0 spiro atoms. The smallest absolute Gasteiger partial charge is 0.310 e. The van der Waals surface area contributed by atoms with Gasteiger partial charge in [-0.05, 0) is 12.8 Å². The number of amides is 1. The highest BCUT2D eigenvalue weighted by molar-refractivity contribution is 5.90. The Morgan fingerprint density at radius 1 is 1.09 bits per heavy atom. The summed E-state index contributed by atoms with van der Waals surface area (Å²) in [4.78, 5) is 21.3. The Kier molecular flexibility index (Phi) is 3.42. The lowest BCUT2D eigenvalue weighted by Crippen LogP contribution is -2.41. The number of carbonyl (C=O) groups is 1. The molecule has 3 aliphatic heterocycles. The van der Waals surface area contributed by atoms with E-state index in [4.69, 9.17) is 4.42 Å². The fourth-order valence-corrected chi connectivity index (χ4v) is 3.39. The third-order valence-electron chi connectivity index (χ3n) is 4.66. The second kappa shape index (κ2) is 5.57. The molecule has 1 aromatic heterocycles. The number of carbonyl (C=O) groups excluding carboxylic acids is 1. The third-order valence-corrected chi connectivity index (χ3v) is 4.66. The molecule has 2 bridgehead atoms. The van der Waals surface area contributed by atoms with Gasteiger partial charge in [0, 0.05) is 37.8 Å². The number of rotatable bonds is 2. The lowest BCUT2D eigenvalue weighted by molar-refractivity contribution is 0.0645. The van der Waals surface area contributed by atoms with Crippen molar-refractivity contribution in [3.8, 4) is 11.3 Å². The van der Waals surface area contributed by atoms with E-state index in [1.165, 1.54) is 0 Å². The number of hydrogen-bond donors (Lipinski definition) is 0. The summed E-state index contributed by atoms with van der Waals surface area (Å²) >= 11 is 0. The molecular formula is C17H19N3O2. The van der Waals surface area contributed by atoms with Crippen LogP contribution in [0.15, 0.2) is 40.9 Å². The first-order valence-electron chi connectivity index (χ1n) is 7.86. The van der Waals surface area contributed by atoms with E-state index in [0.717, 1.165) is 44.6 Å². The molecule has 3 saturated heterocycles. The molecule has 0 aliphatic carbocycles. The van der Waals surface area contributed by atoms with Gasteiger partial charge >= 0.3 is 5.91 Å². The average molecular weight is 297 g/mol. The van der Waals surface area contributed by atoms with Crippen LogP contribution in [0, 0.1) is 0 Å². The van der Waals surface area contributed by atoms with Crippen LogP contribution in [-0.4, -0.2) is 52.9 Å². The fourth-order valence-electron chi connectivity index (χ4n) is 3.39. The largest absolute Gasteiger partial charge is 0.432 e. The summed E-state index contributed by atoms with van der Waals surface area (Å²) in [6, 6.07) is 10.1. The second-order valence-electron chi connectivity index (χ2n) is 5.97. The normalized spacial score (nSPS) is 24.3. The molecular weight excluding hydrogens is 278 g/mol. The molecule has 3 aliphatic rings. The van der Waals surface area contributed by atoms with Crippen LogP contribution in [0.1, 0.15) is 23.5 Å². The molecule has 0 atom stereocenters. The van der Waals surface area contributed by atoms with Gasteiger partial charge in [-0.25, -0.2) is 4.98 Å². The number of aromatic nitrogens is 1. The SMILES string of the molecule is O=C(c1ncc(-c2ccccc2)o1)N1CCN2CCC1CC2. The standard InChI is InChI=1S/C17H19N3O2/c21-17(20-11-10-19-8-6-14(20)7-9-19)16-18-12-15(22-16)13-4-2-1-3-5-13/h1-5,12,14H,6-11H2. The molecule has 2 aromatic rings. The Labute approximate surface area is 129 Å². The minimum Gasteiger partial charge on any atom is -0.432 e. The summed E-state index contributed by atoms with van der Waals surface area (Å²) in [5.41, 5.74) is 0.942. The lowest BCUT2D eigenvalue weighted by Gasteiger charge is -2.30. The Morgan fingerprint density at radius 3 is 2.64 bits per heavy atom. The van der Waals surface area contributed by atoms with Crippen molar-refractivity contribution < 1.29 is 9.21 Å². The van der Waals surface area contributed by atoms with Crippen LogP contribution in [0.2, 0.25) is 0 Å². The molecule has 1 amide bonds. The van der Waals surface area contributed by atoms with Gasteiger partial charge in [0.15, 0.2) is 5.76 Å². The maximum absolute atomic E-state index is 12.7. The predicted molar refractivity (Wildman–Crippen MR) is 82.4 cm³/mol. The molecule has 4 heterocycles. The molecule has 0 radical (unpaired) electrons. The minimum atomic E-state index is -0.0732. The number of hydrogen-bond acceptors (Lipinski definition) is 4. The highest BCUT2D eigenvalue weighted by atomic mass is 16.4. The van der Waals surface area contributed by atoms with Crippen molar-refractivity contribution in [1.82, 2.24) is 14.8 Å². The van der Waals surface area contributed by atoms with E-state index in [0.29, 0.717) is 11.8 Å². The van der Waals surface area contributed by atoms with Crippen LogP contribution in [-0.2, 0) is 0 Å². The maximum Gasteiger partial charge on any atom is 0.310 e. The molecule has 0 saturated carbocycles. The van der Waals surface area contributed by atoms with Gasteiger partial charge < -0.3 is 14.2 Å². The van der Waals surface area contributed by atoms with E-state index in [9.17, 15) is 4.79 Å². The zero-order valence-corrected chi connectivity index (χ0v) is 12.4. The Hall–Kier alpha value is -2.14. The van der Waals surface area contributed by atoms with E-state index in [1.807, 2.05) is 35.2 Å².